The predicted molar refractivity (Wildman–Crippen MR) is 69.1 cm³/mol. The van der Waals surface area contributed by atoms with Crippen LogP contribution < -0.4 is 5.32 Å². The Bertz CT molecular complexity index is 447. The van der Waals surface area contributed by atoms with Crippen LogP contribution in [-0.4, -0.2) is 37.5 Å². The third-order valence-corrected chi connectivity index (χ3v) is 3.49. The maximum Gasteiger partial charge on any atom is 0.256 e. The van der Waals surface area contributed by atoms with E-state index < -0.39 is 0 Å². The second-order valence-corrected chi connectivity index (χ2v) is 4.90. The normalized spacial score (nSPS) is 19.3. The topological polar surface area (TPSA) is 32.3 Å². The summed E-state index contributed by atoms with van der Waals surface area (Å²) in [7, 11) is 1.91. The van der Waals surface area contributed by atoms with Crippen LogP contribution in [0.3, 0.4) is 0 Å². The van der Waals surface area contributed by atoms with Gasteiger partial charge in [0.2, 0.25) is 0 Å². The van der Waals surface area contributed by atoms with Crippen LogP contribution in [-0.2, 0) is 0 Å². The highest BCUT2D eigenvalue weighted by molar-refractivity contribution is 5.94. The quantitative estimate of drug-likeness (QED) is 0.887. The second kappa shape index (κ2) is 5.48. The number of likely N-dealkylation sites (tertiary alicyclic amines) is 1. The highest BCUT2D eigenvalue weighted by atomic mass is 19.1. The number of carbonyl (C=O) groups is 1. The third kappa shape index (κ3) is 2.53. The summed E-state index contributed by atoms with van der Waals surface area (Å²) in [6.07, 6.45) is 0.986. The summed E-state index contributed by atoms with van der Waals surface area (Å²) in [4.78, 5) is 14.0. The molecule has 1 fully saturated rings. The SMILES string of the molecule is CNCC1CCN(C(=O)c2cccc(C)c2F)C1. The van der Waals surface area contributed by atoms with Gasteiger partial charge in [0.25, 0.3) is 5.91 Å². The molecule has 1 heterocycles. The van der Waals surface area contributed by atoms with Crippen LogP contribution in [0.15, 0.2) is 18.2 Å². The average molecular weight is 250 g/mol. The van der Waals surface area contributed by atoms with Crippen LogP contribution in [0.2, 0.25) is 0 Å². The number of nitrogens with zero attached hydrogens (tertiary/aromatic N) is 1. The lowest BCUT2D eigenvalue weighted by atomic mass is 10.1. The Hall–Kier alpha value is -1.42. The Morgan fingerprint density at radius 2 is 2.33 bits per heavy atom. The summed E-state index contributed by atoms with van der Waals surface area (Å²) in [5.74, 6) is -0.0961. The number of rotatable bonds is 3. The van der Waals surface area contributed by atoms with Gasteiger partial charge >= 0.3 is 0 Å². The molecule has 1 aliphatic rings. The Kier molecular flexibility index (Phi) is 3.97. The van der Waals surface area contributed by atoms with Gasteiger partial charge in [-0.25, -0.2) is 4.39 Å². The minimum atomic E-state index is -0.389. The standard InChI is InChI=1S/C14H19FN2O/c1-10-4-3-5-12(13(10)15)14(18)17-7-6-11(9-17)8-16-2/h3-5,11,16H,6-9H2,1-2H3. The second-order valence-electron chi connectivity index (χ2n) is 4.90. The fraction of sp³-hybridized carbons (Fsp3) is 0.500. The summed E-state index contributed by atoms with van der Waals surface area (Å²) < 4.78 is 13.9. The van der Waals surface area contributed by atoms with Crippen molar-refractivity contribution < 1.29 is 9.18 Å². The van der Waals surface area contributed by atoms with Crippen molar-refractivity contribution in [3.8, 4) is 0 Å². The highest BCUT2D eigenvalue weighted by Crippen LogP contribution is 2.20. The molecular weight excluding hydrogens is 231 g/mol. The molecule has 0 radical (unpaired) electrons. The minimum absolute atomic E-state index is 0.185. The fourth-order valence-electron chi connectivity index (χ4n) is 2.46. The van der Waals surface area contributed by atoms with Crippen molar-refractivity contribution in [2.45, 2.75) is 13.3 Å². The average Bonchev–Trinajstić information content (AvgIpc) is 2.81. The van der Waals surface area contributed by atoms with E-state index in [1.54, 1.807) is 30.0 Å². The van der Waals surface area contributed by atoms with Crippen molar-refractivity contribution in [2.75, 3.05) is 26.7 Å². The van der Waals surface area contributed by atoms with Crippen LogP contribution >= 0.6 is 0 Å². The first-order valence-electron chi connectivity index (χ1n) is 6.32. The van der Waals surface area contributed by atoms with Crippen molar-refractivity contribution in [1.82, 2.24) is 10.2 Å². The molecule has 1 N–H and O–H groups in total. The maximum absolute atomic E-state index is 13.9. The molecule has 0 bridgehead atoms. The Balaban J connectivity index is 2.11. The molecule has 0 saturated carbocycles. The molecule has 1 atom stereocenters. The van der Waals surface area contributed by atoms with E-state index in [-0.39, 0.29) is 17.3 Å². The maximum atomic E-state index is 13.9. The van der Waals surface area contributed by atoms with E-state index in [9.17, 15) is 9.18 Å². The Morgan fingerprint density at radius 3 is 3.06 bits per heavy atom. The number of benzene rings is 1. The van der Waals surface area contributed by atoms with Gasteiger partial charge < -0.3 is 10.2 Å². The summed E-state index contributed by atoms with van der Waals surface area (Å²) in [5.41, 5.74) is 0.715. The van der Waals surface area contributed by atoms with Crippen molar-refractivity contribution in [3.05, 3.63) is 35.1 Å². The van der Waals surface area contributed by atoms with Gasteiger partial charge in [-0.05, 0) is 44.5 Å². The van der Waals surface area contributed by atoms with Crippen LogP contribution in [0.25, 0.3) is 0 Å². The van der Waals surface area contributed by atoms with Crippen molar-refractivity contribution in [2.24, 2.45) is 5.92 Å². The van der Waals surface area contributed by atoms with E-state index in [0.717, 1.165) is 19.5 Å². The van der Waals surface area contributed by atoms with E-state index in [1.807, 2.05) is 7.05 Å². The largest absolute Gasteiger partial charge is 0.338 e. The van der Waals surface area contributed by atoms with Crippen molar-refractivity contribution in [3.63, 3.8) is 0 Å². The molecular formula is C14H19FN2O. The molecule has 4 heteroatoms. The van der Waals surface area contributed by atoms with Gasteiger partial charge in [-0.3, -0.25) is 4.79 Å². The number of halogens is 1. The van der Waals surface area contributed by atoms with Gasteiger partial charge in [-0.2, -0.15) is 0 Å². The number of carbonyl (C=O) groups excluding carboxylic acids is 1. The number of nitrogens with one attached hydrogen (secondary N) is 1. The fourth-order valence-corrected chi connectivity index (χ4v) is 2.46. The van der Waals surface area contributed by atoms with E-state index in [0.29, 0.717) is 18.0 Å². The molecule has 2 rings (SSSR count). The molecule has 0 aliphatic carbocycles. The van der Waals surface area contributed by atoms with Crippen LogP contribution in [0.5, 0.6) is 0 Å². The molecule has 0 spiro atoms. The highest BCUT2D eigenvalue weighted by Gasteiger charge is 2.27. The number of amides is 1. The molecule has 1 aromatic carbocycles. The lowest BCUT2D eigenvalue weighted by molar-refractivity contribution is 0.0782. The van der Waals surface area contributed by atoms with E-state index in [4.69, 9.17) is 0 Å². The van der Waals surface area contributed by atoms with Gasteiger partial charge in [0.05, 0.1) is 5.56 Å². The Labute approximate surface area is 107 Å². The lowest BCUT2D eigenvalue weighted by Crippen LogP contribution is -2.31. The molecule has 3 nitrogen and oxygen atoms in total. The molecule has 1 saturated heterocycles. The zero-order valence-electron chi connectivity index (χ0n) is 10.9. The summed E-state index contributed by atoms with van der Waals surface area (Å²) >= 11 is 0. The van der Waals surface area contributed by atoms with Crippen LogP contribution in [0, 0.1) is 18.7 Å². The summed E-state index contributed by atoms with van der Waals surface area (Å²) in [6, 6.07) is 4.97. The predicted octanol–water partition coefficient (Wildman–Crippen LogP) is 1.82. The zero-order valence-corrected chi connectivity index (χ0v) is 10.9. The Morgan fingerprint density at radius 1 is 1.56 bits per heavy atom. The number of hydrogen-bond donors (Lipinski definition) is 1. The van der Waals surface area contributed by atoms with Crippen molar-refractivity contribution >= 4 is 5.91 Å². The van der Waals surface area contributed by atoms with Gasteiger partial charge in [-0.1, -0.05) is 12.1 Å². The first kappa shape index (κ1) is 13.0. The molecule has 1 unspecified atom stereocenters. The van der Waals surface area contributed by atoms with Gasteiger partial charge in [0, 0.05) is 13.1 Å². The van der Waals surface area contributed by atoms with E-state index in [1.165, 1.54) is 0 Å². The van der Waals surface area contributed by atoms with Crippen LogP contribution in [0.4, 0.5) is 4.39 Å². The molecule has 1 aromatic rings. The van der Waals surface area contributed by atoms with Crippen molar-refractivity contribution in [1.29, 1.82) is 0 Å². The van der Waals surface area contributed by atoms with Gasteiger partial charge in [0.1, 0.15) is 5.82 Å². The molecule has 1 aliphatic heterocycles. The summed E-state index contributed by atoms with van der Waals surface area (Å²) in [6.45, 7) is 4.02. The van der Waals surface area contributed by atoms with Gasteiger partial charge in [0.15, 0.2) is 0 Å². The lowest BCUT2D eigenvalue weighted by Gasteiger charge is -2.17. The monoisotopic (exact) mass is 250 g/mol. The van der Waals surface area contributed by atoms with Gasteiger partial charge in [-0.15, -0.1) is 0 Å². The van der Waals surface area contributed by atoms with E-state index >= 15 is 0 Å². The smallest absolute Gasteiger partial charge is 0.256 e. The minimum Gasteiger partial charge on any atom is -0.338 e. The third-order valence-electron chi connectivity index (χ3n) is 3.49. The number of aryl methyl sites for hydroxylation is 1. The zero-order chi connectivity index (χ0) is 13.1. The molecule has 98 valence electrons. The van der Waals surface area contributed by atoms with E-state index in [2.05, 4.69) is 5.32 Å². The van der Waals surface area contributed by atoms with Crippen LogP contribution in [0.1, 0.15) is 22.3 Å². The number of hydrogen-bond acceptors (Lipinski definition) is 2. The first-order valence-corrected chi connectivity index (χ1v) is 6.32. The molecule has 0 aromatic heterocycles. The first-order chi connectivity index (χ1) is 8.63. The molecule has 18 heavy (non-hydrogen) atoms. The molecule has 1 amide bonds. The summed E-state index contributed by atoms with van der Waals surface area (Å²) in [5, 5.41) is 3.12.